The minimum atomic E-state index is -0.559. The van der Waals surface area contributed by atoms with Crippen molar-refractivity contribution >= 4 is 34.2 Å². The van der Waals surface area contributed by atoms with E-state index in [2.05, 4.69) is 12.2 Å². The molecule has 154 valence electrons. The third-order valence-corrected chi connectivity index (χ3v) is 6.40. The summed E-state index contributed by atoms with van der Waals surface area (Å²) in [6, 6.07) is 5.25. The normalized spacial score (nSPS) is 15.4. The molecular formula is C22H25NO5S. The predicted molar refractivity (Wildman–Crippen MR) is 112 cm³/mol. The molecule has 1 unspecified atom stereocenters. The van der Waals surface area contributed by atoms with Gasteiger partial charge in [0.15, 0.2) is 6.61 Å². The lowest BCUT2D eigenvalue weighted by atomic mass is 9.88. The van der Waals surface area contributed by atoms with Gasteiger partial charge in [0.1, 0.15) is 5.00 Å². The summed E-state index contributed by atoms with van der Waals surface area (Å²) in [5.74, 6) is -0.969. The highest BCUT2D eigenvalue weighted by Crippen LogP contribution is 2.40. The van der Waals surface area contributed by atoms with E-state index in [4.69, 9.17) is 9.47 Å². The first-order valence-electron chi connectivity index (χ1n) is 9.57. The van der Waals surface area contributed by atoms with Gasteiger partial charge in [-0.1, -0.05) is 13.0 Å². The Morgan fingerprint density at radius 2 is 1.93 bits per heavy atom. The SMILES string of the molecule is COC(=O)c1c(NC(=O)COC(=O)c2ccc(C)c(C)c2)sc2c1CCC(C)C2. The number of nitrogens with one attached hydrogen (secondary N) is 1. The molecule has 3 rings (SSSR count). The van der Waals surface area contributed by atoms with Gasteiger partial charge < -0.3 is 14.8 Å². The third kappa shape index (κ3) is 4.67. The summed E-state index contributed by atoms with van der Waals surface area (Å²) < 4.78 is 10.1. The molecule has 2 aromatic rings. The Hall–Kier alpha value is -2.67. The van der Waals surface area contributed by atoms with E-state index in [1.54, 1.807) is 12.1 Å². The second kappa shape index (κ2) is 8.78. The second-order valence-corrected chi connectivity index (χ2v) is 8.58. The fraction of sp³-hybridized carbons (Fsp3) is 0.409. The van der Waals surface area contributed by atoms with Gasteiger partial charge in [0.2, 0.25) is 0 Å². The van der Waals surface area contributed by atoms with Crippen molar-refractivity contribution in [2.75, 3.05) is 19.0 Å². The van der Waals surface area contributed by atoms with Crippen molar-refractivity contribution < 1.29 is 23.9 Å². The van der Waals surface area contributed by atoms with Gasteiger partial charge in [-0.15, -0.1) is 11.3 Å². The Kier molecular flexibility index (Phi) is 6.37. The van der Waals surface area contributed by atoms with Crippen molar-refractivity contribution in [1.29, 1.82) is 0 Å². The monoisotopic (exact) mass is 415 g/mol. The zero-order valence-electron chi connectivity index (χ0n) is 17.1. The van der Waals surface area contributed by atoms with Crippen molar-refractivity contribution in [3.63, 3.8) is 0 Å². The number of esters is 2. The second-order valence-electron chi connectivity index (χ2n) is 7.47. The molecule has 29 heavy (non-hydrogen) atoms. The highest BCUT2D eigenvalue weighted by molar-refractivity contribution is 7.17. The first kappa shape index (κ1) is 21.0. The Bertz CT molecular complexity index is 962. The topological polar surface area (TPSA) is 81.7 Å². The van der Waals surface area contributed by atoms with Gasteiger partial charge in [0.25, 0.3) is 5.91 Å². The minimum absolute atomic E-state index is 0.400. The molecule has 0 saturated heterocycles. The largest absolute Gasteiger partial charge is 0.465 e. The van der Waals surface area contributed by atoms with Crippen LogP contribution in [0.4, 0.5) is 5.00 Å². The van der Waals surface area contributed by atoms with Crippen LogP contribution in [-0.2, 0) is 27.1 Å². The van der Waals surface area contributed by atoms with E-state index in [9.17, 15) is 14.4 Å². The van der Waals surface area contributed by atoms with Crippen LogP contribution < -0.4 is 5.32 Å². The Morgan fingerprint density at radius 1 is 1.17 bits per heavy atom. The summed E-state index contributed by atoms with van der Waals surface area (Å²) in [7, 11) is 1.33. The van der Waals surface area contributed by atoms with Gasteiger partial charge in [-0.3, -0.25) is 4.79 Å². The average molecular weight is 416 g/mol. The summed E-state index contributed by atoms with van der Waals surface area (Å²) in [5, 5.41) is 3.19. The number of hydrogen-bond donors (Lipinski definition) is 1. The third-order valence-electron chi connectivity index (χ3n) is 5.23. The number of carbonyl (C=O) groups is 3. The maximum absolute atomic E-state index is 12.4. The van der Waals surface area contributed by atoms with Crippen molar-refractivity contribution in [2.45, 2.75) is 40.0 Å². The Morgan fingerprint density at radius 3 is 2.62 bits per heavy atom. The van der Waals surface area contributed by atoms with Crippen LogP contribution in [0.25, 0.3) is 0 Å². The lowest BCUT2D eigenvalue weighted by molar-refractivity contribution is -0.119. The number of anilines is 1. The number of aryl methyl sites for hydroxylation is 2. The maximum Gasteiger partial charge on any atom is 0.341 e. The molecule has 1 aliphatic rings. The maximum atomic E-state index is 12.4. The number of amides is 1. The van der Waals surface area contributed by atoms with Gasteiger partial charge in [0.05, 0.1) is 18.2 Å². The van der Waals surface area contributed by atoms with Gasteiger partial charge in [-0.2, -0.15) is 0 Å². The molecule has 0 spiro atoms. The van der Waals surface area contributed by atoms with Crippen LogP contribution in [0.2, 0.25) is 0 Å². The Labute approximate surface area is 174 Å². The smallest absolute Gasteiger partial charge is 0.341 e. The number of carbonyl (C=O) groups excluding carboxylic acids is 3. The highest BCUT2D eigenvalue weighted by atomic mass is 32.1. The standard InChI is InChI=1S/C22H25NO5S/c1-12-5-8-16-17(9-12)29-20(19(16)22(26)27-4)23-18(24)11-28-21(25)15-7-6-13(2)14(3)10-15/h6-7,10,12H,5,8-9,11H2,1-4H3,(H,23,24). The molecule has 1 amide bonds. The van der Waals surface area contributed by atoms with Crippen molar-refractivity contribution in [3.8, 4) is 0 Å². The molecule has 0 radical (unpaired) electrons. The molecule has 0 bridgehead atoms. The van der Waals surface area contributed by atoms with E-state index in [0.717, 1.165) is 40.8 Å². The van der Waals surface area contributed by atoms with Gasteiger partial charge in [-0.05, 0) is 67.9 Å². The van der Waals surface area contributed by atoms with Crippen LogP contribution in [-0.4, -0.2) is 31.6 Å². The summed E-state index contributed by atoms with van der Waals surface area (Å²) >= 11 is 1.40. The first-order chi connectivity index (χ1) is 13.8. The van der Waals surface area contributed by atoms with E-state index in [0.29, 0.717) is 22.0 Å². The summed E-state index contributed by atoms with van der Waals surface area (Å²) in [6.45, 7) is 5.61. The lowest BCUT2D eigenvalue weighted by Crippen LogP contribution is -2.22. The summed E-state index contributed by atoms with van der Waals surface area (Å²) in [5.41, 5.74) is 3.84. The van der Waals surface area contributed by atoms with Crippen LogP contribution in [0, 0.1) is 19.8 Å². The van der Waals surface area contributed by atoms with Crippen LogP contribution in [0.15, 0.2) is 18.2 Å². The van der Waals surface area contributed by atoms with E-state index >= 15 is 0 Å². The number of benzene rings is 1. The number of methoxy groups -OCH3 is 1. The highest BCUT2D eigenvalue weighted by Gasteiger charge is 2.29. The molecule has 1 N–H and O–H groups in total. The van der Waals surface area contributed by atoms with E-state index in [1.807, 2.05) is 19.9 Å². The number of rotatable bonds is 5. The van der Waals surface area contributed by atoms with Crippen molar-refractivity contribution in [3.05, 3.63) is 50.9 Å². The van der Waals surface area contributed by atoms with E-state index in [1.165, 1.54) is 18.4 Å². The van der Waals surface area contributed by atoms with Gasteiger partial charge in [0, 0.05) is 4.88 Å². The molecule has 1 aromatic carbocycles. The quantitative estimate of drug-likeness (QED) is 0.745. The first-order valence-corrected chi connectivity index (χ1v) is 10.4. The molecule has 1 aromatic heterocycles. The average Bonchev–Trinajstić information content (AvgIpc) is 3.04. The zero-order valence-corrected chi connectivity index (χ0v) is 17.9. The number of fused-ring (bicyclic) bond motifs is 1. The molecule has 1 aliphatic carbocycles. The molecule has 0 fully saturated rings. The van der Waals surface area contributed by atoms with Crippen LogP contribution in [0.5, 0.6) is 0 Å². The number of hydrogen-bond acceptors (Lipinski definition) is 6. The van der Waals surface area contributed by atoms with Crippen LogP contribution in [0.3, 0.4) is 0 Å². The molecule has 0 saturated carbocycles. The van der Waals surface area contributed by atoms with Crippen molar-refractivity contribution in [2.24, 2.45) is 5.92 Å². The summed E-state index contributed by atoms with van der Waals surface area (Å²) in [6.07, 6.45) is 2.66. The number of thiophene rings is 1. The van der Waals surface area contributed by atoms with Crippen LogP contribution >= 0.6 is 11.3 Å². The van der Waals surface area contributed by atoms with E-state index < -0.39 is 24.5 Å². The molecular weight excluding hydrogens is 390 g/mol. The molecule has 0 aliphatic heterocycles. The molecule has 7 heteroatoms. The molecule has 6 nitrogen and oxygen atoms in total. The Balaban J connectivity index is 1.69. The zero-order chi connectivity index (χ0) is 21.1. The van der Waals surface area contributed by atoms with Gasteiger partial charge >= 0.3 is 11.9 Å². The fourth-order valence-corrected chi connectivity index (χ4v) is 4.82. The lowest BCUT2D eigenvalue weighted by Gasteiger charge is -2.18. The van der Waals surface area contributed by atoms with Crippen molar-refractivity contribution in [1.82, 2.24) is 0 Å². The minimum Gasteiger partial charge on any atom is -0.465 e. The fourth-order valence-electron chi connectivity index (χ4n) is 3.40. The van der Waals surface area contributed by atoms with E-state index in [-0.39, 0.29) is 0 Å². The van der Waals surface area contributed by atoms with Gasteiger partial charge in [-0.25, -0.2) is 9.59 Å². The number of ether oxygens (including phenoxy) is 2. The van der Waals surface area contributed by atoms with Crippen LogP contribution in [0.1, 0.15) is 55.6 Å². The predicted octanol–water partition coefficient (Wildman–Crippen LogP) is 4.07. The molecule has 1 heterocycles. The molecule has 1 atom stereocenters. The summed E-state index contributed by atoms with van der Waals surface area (Å²) in [4.78, 5) is 38.0.